The lowest BCUT2D eigenvalue weighted by Gasteiger charge is -2.21. The van der Waals surface area contributed by atoms with Crippen LogP contribution in [0.15, 0.2) is 24.3 Å². The number of β-amino-alcohol motifs (C(OH)–C–C–N with tert-alkyl or cyclic N) is 1. The highest BCUT2D eigenvalue weighted by atomic mass is 19.1. The molecular weight excluding hydrogens is 279 g/mol. The Bertz CT molecular complexity index is 537. The molecule has 2 atom stereocenters. The van der Waals surface area contributed by atoms with E-state index in [2.05, 4.69) is 5.32 Å². The van der Waals surface area contributed by atoms with Crippen LogP contribution in [0.2, 0.25) is 0 Å². The van der Waals surface area contributed by atoms with Crippen molar-refractivity contribution in [2.45, 2.75) is 25.0 Å². The van der Waals surface area contributed by atoms with Crippen molar-refractivity contribution in [1.82, 2.24) is 10.2 Å². The van der Waals surface area contributed by atoms with Crippen molar-refractivity contribution in [2.75, 3.05) is 13.1 Å². The lowest BCUT2D eigenvalue weighted by atomic mass is 10.1. The summed E-state index contributed by atoms with van der Waals surface area (Å²) in [6, 6.07) is 4.51. The Morgan fingerprint density at radius 2 is 2.19 bits per heavy atom. The largest absolute Gasteiger partial charge is 0.480 e. The van der Waals surface area contributed by atoms with E-state index in [1.165, 1.54) is 12.1 Å². The third-order valence-electron chi connectivity index (χ3n) is 3.40. The lowest BCUT2D eigenvalue weighted by molar-refractivity contribution is -0.141. The smallest absolute Gasteiger partial charge is 0.326 e. The Hall–Kier alpha value is -2.15. The van der Waals surface area contributed by atoms with Crippen LogP contribution in [0, 0.1) is 5.82 Å². The van der Waals surface area contributed by atoms with Gasteiger partial charge in [0.1, 0.15) is 11.9 Å². The van der Waals surface area contributed by atoms with Crippen LogP contribution in [0.1, 0.15) is 12.0 Å². The van der Waals surface area contributed by atoms with Gasteiger partial charge in [-0.1, -0.05) is 12.1 Å². The molecular formula is C14H17FN2O4. The standard InChI is InChI=1S/C14H17FN2O4/c15-10-3-1-2-9(6-10)4-5-16-14(21)17-8-11(18)7-12(17)13(19)20/h1-3,6,11-12,18H,4-5,7-8H2,(H,16,21)(H,19,20)/t11?,12-/m0/s1. The molecule has 6 nitrogen and oxygen atoms in total. The van der Waals surface area contributed by atoms with Gasteiger partial charge < -0.3 is 20.4 Å². The van der Waals surface area contributed by atoms with Gasteiger partial charge in [-0.2, -0.15) is 0 Å². The highest BCUT2D eigenvalue weighted by Gasteiger charge is 2.38. The molecule has 1 aromatic rings. The van der Waals surface area contributed by atoms with E-state index in [1.54, 1.807) is 12.1 Å². The number of rotatable bonds is 4. The van der Waals surface area contributed by atoms with Gasteiger partial charge in [-0.3, -0.25) is 0 Å². The molecule has 0 aromatic heterocycles. The van der Waals surface area contributed by atoms with E-state index in [9.17, 15) is 19.1 Å². The number of hydrogen-bond acceptors (Lipinski definition) is 3. The van der Waals surface area contributed by atoms with Crippen LogP contribution >= 0.6 is 0 Å². The van der Waals surface area contributed by atoms with Gasteiger partial charge in [0.15, 0.2) is 0 Å². The first-order chi connectivity index (χ1) is 9.97. The van der Waals surface area contributed by atoms with Gasteiger partial charge in [-0.15, -0.1) is 0 Å². The van der Waals surface area contributed by atoms with E-state index in [1.807, 2.05) is 0 Å². The SMILES string of the molecule is O=C(O)[C@@H]1CC(O)CN1C(=O)NCCc1cccc(F)c1. The predicted octanol–water partition coefficient (Wildman–Crippen LogP) is 0.598. The fourth-order valence-electron chi connectivity index (χ4n) is 2.38. The number of likely N-dealkylation sites (tertiary alicyclic amines) is 1. The van der Waals surface area contributed by atoms with Crippen LogP contribution in [0.4, 0.5) is 9.18 Å². The Morgan fingerprint density at radius 3 is 2.86 bits per heavy atom. The number of aliphatic carboxylic acids is 1. The van der Waals surface area contributed by atoms with E-state index < -0.39 is 24.1 Å². The monoisotopic (exact) mass is 296 g/mol. The molecule has 1 aromatic carbocycles. The molecule has 0 bridgehead atoms. The zero-order valence-electron chi connectivity index (χ0n) is 11.3. The van der Waals surface area contributed by atoms with Crippen molar-refractivity contribution < 1.29 is 24.2 Å². The van der Waals surface area contributed by atoms with Gasteiger partial charge >= 0.3 is 12.0 Å². The average molecular weight is 296 g/mol. The number of carbonyl (C=O) groups is 2. The second kappa shape index (κ2) is 6.53. The molecule has 1 unspecified atom stereocenters. The van der Waals surface area contributed by atoms with E-state index >= 15 is 0 Å². The molecule has 1 saturated heterocycles. The maximum atomic E-state index is 13.0. The molecule has 1 aliphatic heterocycles. The molecule has 2 rings (SSSR count). The van der Waals surface area contributed by atoms with Gasteiger partial charge in [0.25, 0.3) is 0 Å². The molecule has 0 aliphatic carbocycles. The molecule has 1 heterocycles. The van der Waals surface area contributed by atoms with Crippen LogP contribution < -0.4 is 5.32 Å². The van der Waals surface area contributed by atoms with Crippen LogP contribution in [0.25, 0.3) is 0 Å². The third-order valence-corrected chi connectivity index (χ3v) is 3.40. The maximum absolute atomic E-state index is 13.0. The molecule has 0 saturated carbocycles. The molecule has 2 amide bonds. The van der Waals surface area contributed by atoms with Crippen LogP contribution in [0.3, 0.4) is 0 Å². The number of aliphatic hydroxyl groups excluding tert-OH is 1. The van der Waals surface area contributed by atoms with Crippen molar-refractivity contribution in [3.8, 4) is 0 Å². The van der Waals surface area contributed by atoms with Crippen LogP contribution in [-0.2, 0) is 11.2 Å². The Labute approximate surface area is 121 Å². The van der Waals surface area contributed by atoms with E-state index in [0.29, 0.717) is 6.42 Å². The number of carboxylic acids is 1. The number of urea groups is 1. The minimum atomic E-state index is -1.13. The number of aliphatic hydroxyl groups is 1. The fraction of sp³-hybridized carbons (Fsp3) is 0.429. The van der Waals surface area contributed by atoms with Gasteiger partial charge in [-0.05, 0) is 24.1 Å². The lowest BCUT2D eigenvalue weighted by Crippen LogP contribution is -2.46. The number of nitrogens with zero attached hydrogens (tertiary/aromatic N) is 1. The second-order valence-corrected chi connectivity index (χ2v) is 5.01. The number of halogens is 1. The highest BCUT2D eigenvalue weighted by molar-refractivity contribution is 5.83. The molecule has 1 fully saturated rings. The van der Waals surface area contributed by atoms with Crippen LogP contribution in [0.5, 0.6) is 0 Å². The van der Waals surface area contributed by atoms with Gasteiger partial charge in [0, 0.05) is 19.5 Å². The van der Waals surface area contributed by atoms with Crippen molar-refractivity contribution >= 4 is 12.0 Å². The Balaban J connectivity index is 1.85. The summed E-state index contributed by atoms with van der Waals surface area (Å²) in [5.74, 6) is -1.47. The molecule has 3 N–H and O–H groups in total. The zero-order chi connectivity index (χ0) is 15.4. The summed E-state index contributed by atoms with van der Waals surface area (Å²) in [5.41, 5.74) is 0.742. The molecule has 21 heavy (non-hydrogen) atoms. The predicted molar refractivity (Wildman–Crippen MR) is 72.3 cm³/mol. The number of amides is 2. The third kappa shape index (κ3) is 3.91. The minimum Gasteiger partial charge on any atom is -0.480 e. The van der Waals surface area contributed by atoms with E-state index in [-0.39, 0.29) is 25.3 Å². The molecule has 0 spiro atoms. The van der Waals surface area contributed by atoms with Gasteiger partial charge in [0.2, 0.25) is 0 Å². The molecule has 0 radical (unpaired) electrons. The molecule has 1 aliphatic rings. The quantitative estimate of drug-likeness (QED) is 0.759. The van der Waals surface area contributed by atoms with Crippen molar-refractivity contribution in [3.05, 3.63) is 35.6 Å². The van der Waals surface area contributed by atoms with Gasteiger partial charge in [-0.25, -0.2) is 14.0 Å². The number of nitrogens with one attached hydrogen (secondary N) is 1. The summed E-state index contributed by atoms with van der Waals surface area (Å²) >= 11 is 0. The van der Waals surface area contributed by atoms with E-state index in [0.717, 1.165) is 10.5 Å². The average Bonchev–Trinajstić information content (AvgIpc) is 2.81. The van der Waals surface area contributed by atoms with E-state index in [4.69, 9.17) is 5.11 Å². The Kier molecular flexibility index (Phi) is 4.74. The molecule has 7 heteroatoms. The highest BCUT2D eigenvalue weighted by Crippen LogP contribution is 2.18. The normalized spacial score (nSPS) is 21.3. The zero-order valence-corrected chi connectivity index (χ0v) is 11.3. The second-order valence-electron chi connectivity index (χ2n) is 5.01. The summed E-state index contributed by atoms with van der Waals surface area (Å²) in [7, 11) is 0. The number of carbonyl (C=O) groups excluding carboxylic acids is 1. The summed E-state index contributed by atoms with van der Waals surface area (Å²) < 4.78 is 13.0. The van der Waals surface area contributed by atoms with Gasteiger partial charge in [0.05, 0.1) is 6.10 Å². The van der Waals surface area contributed by atoms with Crippen molar-refractivity contribution in [1.29, 1.82) is 0 Å². The van der Waals surface area contributed by atoms with Crippen molar-refractivity contribution in [2.24, 2.45) is 0 Å². The molecule has 114 valence electrons. The number of hydrogen-bond donors (Lipinski definition) is 3. The minimum absolute atomic E-state index is 0.00274. The summed E-state index contributed by atoms with van der Waals surface area (Å²) in [6.07, 6.45) is -0.343. The Morgan fingerprint density at radius 1 is 1.43 bits per heavy atom. The summed E-state index contributed by atoms with van der Waals surface area (Å²) in [4.78, 5) is 24.1. The number of carboxylic acid groups (broad SMARTS) is 1. The first-order valence-corrected chi connectivity index (χ1v) is 6.67. The topological polar surface area (TPSA) is 89.9 Å². The summed E-state index contributed by atoms with van der Waals surface area (Å²) in [6.45, 7) is 0.268. The fourth-order valence-corrected chi connectivity index (χ4v) is 2.38. The first-order valence-electron chi connectivity index (χ1n) is 6.67. The number of benzene rings is 1. The van der Waals surface area contributed by atoms with Crippen LogP contribution in [-0.4, -0.2) is 52.3 Å². The van der Waals surface area contributed by atoms with Crippen molar-refractivity contribution in [3.63, 3.8) is 0 Å². The first kappa shape index (κ1) is 15.2. The maximum Gasteiger partial charge on any atom is 0.326 e. The summed E-state index contributed by atoms with van der Waals surface area (Å²) in [5, 5.41) is 21.1.